The second-order valence-electron chi connectivity index (χ2n) is 12.1. The zero-order chi connectivity index (χ0) is 33.8. The number of hydrogen-bond donors (Lipinski definition) is 2. The first-order valence-electron chi connectivity index (χ1n) is 18.5. The molecule has 0 radical (unpaired) electrons. The maximum absolute atomic E-state index is 12.3. The summed E-state index contributed by atoms with van der Waals surface area (Å²) in [4.78, 5) is 22.1. The molecule has 0 aliphatic rings. The van der Waals surface area contributed by atoms with Gasteiger partial charge in [-0.25, -0.2) is 4.57 Å². The monoisotopic (exact) mass is 671 g/mol. The van der Waals surface area contributed by atoms with Crippen LogP contribution in [0.25, 0.3) is 0 Å². The quantitative estimate of drug-likeness (QED) is 0.0225. The number of unbranched alkanes of at least 4 members (excludes halogenated alkanes) is 18. The molecule has 9 heteroatoms. The van der Waals surface area contributed by atoms with Gasteiger partial charge in [0.05, 0.1) is 19.5 Å². The summed E-state index contributed by atoms with van der Waals surface area (Å²) < 4.78 is 33.0. The molecule has 0 bridgehead atoms. The maximum atomic E-state index is 12.3. The second-order valence-corrected chi connectivity index (χ2v) is 13.6. The van der Waals surface area contributed by atoms with Crippen molar-refractivity contribution in [3.8, 4) is 0 Å². The number of esters is 1. The molecule has 0 heterocycles. The van der Waals surface area contributed by atoms with E-state index in [1.165, 1.54) is 96.3 Å². The van der Waals surface area contributed by atoms with E-state index in [4.69, 9.17) is 24.3 Å². The van der Waals surface area contributed by atoms with Crippen molar-refractivity contribution in [1.29, 1.82) is 0 Å². The Labute approximate surface area is 282 Å². The smallest absolute Gasteiger partial charge is 0.472 e. The van der Waals surface area contributed by atoms with Crippen molar-refractivity contribution < 1.29 is 32.8 Å². The number of ether oxygens (including phenoxy) is 2. The summed E-state index contributed by atoms with van der Waals surface area (Å²) in [5.41, 5.74) is 5.34. The Bertz CT molecular complexity index is 803. The highest BCUT2D eigenvalue weighted by molar-refractivity contribution is 7.47. The van der Waals surface area contributed by atoms with Crippen LogP contribution in [-0.4, -0.2) is 43.3 Å². The fourth-order valence-corrected chi connectivity index (χ4v) is 5.54. The number of phosphoric ester groups is 1. The Morgan fingerprint density at radius 3 is 1.67 bits per heavy atom. The highest BCUT2D eigenvalue weighted by Crippen LogP contribution is 2.43. The van der Waals surface area contributed by atoms with Gasteiger partial charge in [0.15, 0.2) is 6.10 Å². The van der Waals surface area contributed by atoms with Crippen molar-refractivity contribution >= 4 is 13.8 Å². The molecule has 0 spiro atoms. The lowest BCUT2D eigenvalue weighted by Gasteiger charge is -2.19. The van der Waals surface area contributed by atoms with Gasteiger partial charge in [0.25, 0.3) is 0 Å². The van der Waals surface area contributed by atoms with E-state index in [1.807, 2.05) is 6.08 Å². The molecule has 0 amide bonds. The topological polar surface area (TPSA) is 117 Å². The minimum Gasteiger partial charge on any atom is -0.492 e. The first-order chi connectivity index (χ1) is 22.4. The first-order valence-corrected chi connectivity index (χ1v) is 20.0. The first kappa shape index (κ1) is 44.6. The van der Waals surface area contributed by atoms with Crippen LogP contribution in [-0.2, 0) is 27.9 Å². The predicted molar refractivity (Wildman–Crippen MR) is 192 cm³/mol. The van der Waals surface area contributed by atoms with Crippen LogP contribution in [0.2, 0.25) is 0 Å². The third-order valence-corrected chi connectivity index (χ3v) is 8.60. The fourth-order valence-electron chi connectivity index (χ4n) is 4.78. The molecule has 1 unspecified atom stereocenters. The van der Waals surface area contributed by atoms with E-state index in [1.54, 1.807) is 6.26 Å². The summed E-state index contributed by atoms with van der Waals surface area (Å²) in [6, 6.07) is 0. The molecule has 0 aliphatic carbocycles. The highest BCUT2D eigenvalue weighted by atomic mass is 31.2. The highest BCUT2D eigenvalue weighted by Gasteiger charge is 2.24. The largest absolute Gasteiger partial charge is 0.492 e. The number of hydrogen-bond acceptors (Lipinski definition) is 7. The van der Waals surface area contributed by atoms with Gasteiger partial charge in [0.1, 0.15) is 6.61 Å². The van der Waals surface area contributed by atoms with E-state index in [0.29, 0.717) is 6.42 Å². The molecular weight excluding hydrogens is 601 g/mol. The van der Waals surface area contributed by atoms with E-state index in [-0.39, 0.29) is 32.3 Å². The summed E-state index contributed by atoms with van der Waals surface area (Å²) in [5.74, 6) is -0.304. The molecule has 0 saturated heterocycles. The molecule has 0 aliphatic heterocycles. The van der Waals surface area contributed by atoms with Crippen molar-refractivity contribution in [1.82, 2.24) is 0 Å². The Balaban J connectivity index is 4.18. The van der Waals surface area contributed by atoms with Crippen LogP contribution in [0.1, 0.15) is 162 Å². The average Bonchev–Trinajstić information content (AvgIpc) is 3.05. The maximum Gasteiger partial charge on any atom is 0.472 e. The van der Waals surface area contributed by atoms with Gasteiger partial charge in [0, 0.05) is 13.0 Å². The van der Waals surface area contributed by atoms with Crippen molar-refractivity contribution in [3.05, 3.63) is 36.6 Å². The van der Waals surface area contributed by atoms with E-state index in [0.717, 1.165) is 44.9 Å². The van der Waals surface area contributed by atoms with Crippen molar-refractivity contribution in [2.45, 2.75) is 168 Å². The average molecular weight is 672 g/mol. The van der Waals surface area contributed by atoms with Gasteiger partial charge < -0.3 is 20.1 Å². The number of rotatable bonds is 35. The fraction of sp³-hybridized carbons (Fsp3) is 0.811. The molecular formula is C37H70NO7P. The van der Waals surface area contributed by atoms with Crippen LogP contribution in [0.4, 0.5) is 0 Å². The molecule has 46 heavy (non-hydrogen) atoms. The van der Waals surface area contributed by atoms with E-state index in [2.05, 4.69) is 38.2 Å². The van der Waals surface area contributed by atoms with Crippen LogP contribution in [0.5, 0.6) is 0 Å². The zero-order valence-electron chi connectivity index (χ0n) is 29.6. The minimum absolute atomic E-state index is 0.0710. The lowest BCUT2D eigenvalue weighted by Crippen LogP contribution is -2.25. The minimum atomic E-state index is -4.26. The normalized spacial score (nSPS) is 14.0. The van der Waals surface area contributed by atoms with Crippen LogP contribution in [0.15, 0.2) is 36.6 Å². The van der Waals surface area contributed by atoms with Gasteiger partial charge in [-0.05, 0) is 70.3 Å². The summed E-state index contributed by atoms with van der Waals surface area (Å²) in [6.45, 7) is 4.13. The Morgan fingerprint density at radius 1 is 0.652 bits per heavy atom. The van der Waals surface area contributed by atoms with Crippen molar-refractivity contribution in [2.75, 3.05) is 26.4 Å². The molecule has 3 N–H and O–H groups in total. The molecule has 0 aromatic rings. The molecule has 2 atom stereocenters. The molecule has 0 aromatic heterocycles. The molecule has 0 aromatic carbocycles. The van der Waals surface area contributed by atoms with Crippen LogP contribution in [0, 0.1) is 0 Å². The number of nitrogens with two attached hydrogens (primary N) is 1. The van der Waals surface area contributed by atoms with Crippen LogP contribution in [0.3, 0.4) is 0 Å². The summed E-state index contributed by atoms with van der Waals surface area (Å²) in [6.07, 6.45) is 38.3. The standard InChI is InChI=1S/C37H70NO7P/c1-3-5-7-9-11-13-15-16-17-18-19-21-23-25-27-29-32-42-36(35-45-46(40,41)44-33-31-38)34-43-37(39)30-28-26-24-22-20-14-12-10-8-6-4-2/h10,12-13,15,29,32,36H,3-9,11,14,16-28,30-31,33-35,38H2,1-2H3,(H,40,41)/b12-10-,15-13-,32-29-/t36-/m1/s1. The Morgan fingerprint density at radius 2 is 1.13 bits per heavy atom. The number of carbonyl (C=O) groups excluding carboxylic acids is 1. The number of allylic oxidation sites excluding steroid dienone is 5. The summed E-state index contributed by atoms with van der Waals surface area (Å²) in [5, 5.41) is 0. The molecule has 0 fully saturated rings. The molecule has 8 nitrogen and oxygen atoms in total. The van der Waals surface area contributed by atoms with Crippen molar-refractivity contribution in [2.24, 2.45) is 5.73 Å². The van der Waals surface area contributed by atoms with Gasteiger partial charge in [-0.15, -0.1) is 0 Å². The van der Waals surface area contributed by atoms with E-state index in [9.17, 15) is 14.3 Å². The van der Waals surface area contributed by atoms with Gasteiger partial charge in [-0.2, -0.15) is 0 Å². The second kappa shape index (κ2) is 34.9. The van der Waals surface area contributed by atoms with Gasteiger partial charge >= 0.3 is 13.8 Å². The van der Waals surface area contributed by atoms with Crippen LogP contribution < -0.4 is 5.73 Å². The Kier molecular flexibility index (Phi) is 33.8. The van der Waals surface area contributed by atoms with Crippen molar-refractivity contribution in [3.63, 3.8) is 0 Å². The third kappa shape index (κ3) is 33.9. The Hall–Kier alpha value is -1.44. The van der Waals surface area contributed by atoms with E-state index < -0.39 is 13.9 Å². The summed E-state index contributed by atoms with van der Waals surface area (Å²) >= 11 is 0. The van der Waals surface area contributed by atoms with Gasteiger partial charge in [-0.3, -0.25) is 13.8 Å². The lowest BCUT2D eigenvalue weighted by molar-refractivity contribution is -0.147. The molecule has 0 rings (SSSR count). The third-order valence-electron chi connectivity index (χ3n) is 7.62. The van der Waals surface area contributed by atoms with Crippen LogP contribution >= 0.6 is 7.82 Å². The van der Waals surface area contributed by atoms with Gasteiger partial charge in [0.2, 0.25) is 0 Å². The van der Waals surface area contributed by atoms with E-state index >= 15 is 0 Å². The number of carbonyl (C=O) groups is 1. The summed E-state index contributed by atoms with van der Waals surface area (Å²) in [7, 11) is -4.26. The van der Waals surface area contributed by atoms with Gasteiger partial charge in [-0.1, -0.05) is 115 Å². The number of phosphoric acid groups is 1. The lowest BCUT2D eigenvalue weighted by atomic mass is 10.1. The molecule has 0 saturated carbocycles. The SMILES string of the molecule is CCCC/C=C\CCCCCCCC(=O)OC[C@H](COP(=O)(O)OCCN)O/C=C\CCCCCCCC/C=C\CCCCCC. The molecule has 270 valence electrons. The zero-order valence-corrected chi connectivity index (χ0v) is 30.4. The predicted octanol–water partition coefficient (Wildman–Crippen LogP) is 10.6.